The van der Waals surface area contributed by atoms with Crippen molar-refractivity contribution in [1.82, 2.24) is 0 Å². The van der Waals surface area contributed by atoms with E-state index in [0.29, 0.717) is 0 Å². The molecule has 0 nitrogen and oxygen atoms in total. The molecule has 0 bridgehead atoms. The molecule has 0 N–H and O–H groups in total. The Balaban J connectivity index is 0. The fraction of sp³-hybridized carbons (Fsp3) is 1.00. The minimum Gasteiger partial charge on any atom is -0.162 e. The maximum absolute atomic E-state index is 2.09. The molecule has 1 aliphatic rings. The molecule has 0 aromatic carbocycles. The van der Waals surface area contributed by atoms with E-state index >= 15 is 0 Å². The van der Waals surface area contributed by atoms with Crippen LogP contribution in [0.25, 0.3) is 0 Å². The zero-order valence-corrected chi connectivity index (χ0v) is 9.29. The molecule has 1 aliphatic heterocycles. The van der Waals surface area contributed by atoms with Gasteiger partial charge < -0.3 is 0 Å². The Labute approximate surface area is 86.0 Å². The van der Waals surface area contributed by atoms with E-state index in [1.165, 1.54) is 30.8 Å². The summed E-state index contributed by atoms with van der Waals surface area (Å²) in [5.41, 5.74) is 0. The van der Waals surface area contributed by atoms with E-state index in [1.807, 2.05) is 0 Å². The molecule has 0 aromatic heterocycles. The van der Waals surface area contributed by atoms with Crippen LogP contribution in [0.15, 0.2) is 0 Å². The first-order valence-corrected chi connectivity index (χ1v) is 3.73. The van der Waals surface area contributed by atoms with E-state index in [2.05, 4.69) is 11.8 Å². The van der Waals surface area contributed by atoms with Crippen LogP contribution in [0.5, 0.6) is 0 Å². The van der Waals surface area contributed by atoms with Crippen LogP contribution in [0.1, 0.15) is 19.3 Å². The smallest absolute Gasteiger partial charge is 0 e. The Bertz CT molecular complexity index is 27.9. The third kappa shape index (κ3) is 5.93. The average Bonchev–Trinajstić information content (AvgIpc) is 1.72. The van der Waals surface area contributed by atoms with Crippen molar-refractivity contribution in [2.24, 2.45) is 0 Å². The second kappa shape index (κ2) is 8.80. The van der Waals surface area contributed by atoms with Crippen LogP contribution < -0.4 is 0 Å². The van der Waals surface area contributed by atoms with Gasteiger partial charge >= 0.3 is 0 Å². The van der Waals surface area contributed by atoms with E-state index < -0.39 is 0 Å². The van der Waals surface area contributed by atoms with Crippen molar-refractivity contribution in [3.05, 3.63) is 0 Å². The largest absolute Gasteiger partial charge is 0.162 e. The van der Waals surface area contributed by atoms with Crippen LogP contribution in [0.4, 0.5) is 0 Å². The maximum atomic E-state index is 2.09. The van der Waals surface area contributed by atoms with Crippen molar-refractivity contribution >= 4 is 11.8 Å². The molecule has 51 valence electrons. The fourth-order valence-corrected chi connectivity index (χ4v) is 1.71. The summed E-state index contributed by atoms with van der Waals surface area (Å²) in [4.78, 5) is 0. The van der Waals surface area contributed by atoms with E-state index in [4.69, 9.17) is 0 Å². The Morgan fingerprint density at radius 2 is 1.38 bits per heavy atom. The molecule has 3 heteroatoms. The molecule has 0 saturated carbocycles. The van der Waals surface area contributed by atoms with Crippen LogP contribution >= 0.6 is 11.8 Å². The zero-order chi connectivity index (χ0) is 4.24. The molecule has 0 aliphatic carbocycles. The molecule has 0 aromatic rings. The normalized spacial score (nSPS) is 18.0. The number of hydrogen-bond acceptors (Lipinski definition) is 1. The van der Waals surface area contributed by atoms with Gasteiger partial charge in [-0.25, -0.2) is 0 Å². The van der Waals surface area contributed by atoms with Crippen LogP contribution in [0.2, 0.25) is 0 Å². The first-order chi connectivity index (χ1) is 3.00. The molecule has 0 spiro atoms. The summed E-state index contributed by atoms with van der Waals surface area (Å²) in [6.07, 6.45) is 4.41. The van der Waals surface area contributed by atoms with Gasteiger partial charge in [-0.15, -0.1) is 0 Å². The summed E-state index contributed by atoms with van der Waals surface area (Å²) in [5.74, 6) is 2.83. The van der Waals surface area contributed by atoms with Gasteiger partial charge in [0.15, 0.2) is 0 Å². The van der Waals surface area contributed by atoms with Gasteiger partial charge in [0.25, 0.3) is 0 Å². The summed E-state index contributed by atoms with van der Waals surface area (Å²) in [5, 5.41) is 0. The monoisotopic (exact) mass is 347 g/mol. The van der Waals surface area contributed by atoms with Gasteiger partial charge in [0, 0.05) is 44.1 Å². The van der Waals surface area contributed by atoms with Gasteiger partial charge in [0.1, 0.15) is 0 Å². The molecule has 1 saturated heterocycles. The SMILES string of the molecule is C1CCSCC1.[Au].[Ti]. The third-order valence-electron chi connectivity index (χ3n) is 1.08. The van der Waals surface area contributed by atoms with Crippen molar-refractivity contribution in [1.29, 1.82) is 0 Å². The quantitative estimate of drug-likeness (QED) is 0.604. The Kier molecular flexibility index (Phi) is 13.7. The summed E-state index contributed by atoms with van der Waals surface area (Å²) < 4.78 is 0. The second-order valence-corrected chi connectivity index (χ2v) is 2.90. The second-order valence-electron chi connectivity index (χ2n) is 1.67. The summed E-state index contributed by atoms with van der Waals surface area (Å²) in [7, 11) is 0. The topological polar surface area (TPSA) is 0 Å². The first kappa shape index (κ1) is 12.5. The summed E-state index contributed by atoms with van der Waals surface area (Å²) in [6.45, 7) is 0. The molecule has 1 radical (unpaired) electrons. The van der Waals surface area contributed by atoms with Crippen LogP contribution in [-0.4, -0.2) is 11.5 Å². The number of thioether (sulfide) groups is 1. The maximum Gasteiger partial charge on any atom is 0 e. The Morgan fingerprint density at radius 3 is 1.50 bits per heavy atom. The van der Waals surface area contributed by atoms with E-state index in [9.17, 15) is 0 Å². The summed E-state index contributed by atoms with van der Waals surface area (Å²) >= 11 is 2.09. The predicted octanol–water partition coefficient (Wildman–Crippen LogP) is 1.90. The summed E-state index contributed by atoms with van der Waals surface area (Å²) in [6, 6.07) is 0. The zero-order valence-electron chi connectivity index (χ0n) is 4.75. The van der Waals surface area contributed by atoms with Crippen LogP contribution in [-0.2, 0) is 44.1 Å². The standard InChI is InChI=1S/C5H10S.Au.Ti/c1-2-4-6-5-3-1;;/h1-5H2;;. The molecule has 1 fully saturated rings. The molecular formula is C5H10AuSTi. The third-order valence-corrected chi connectivity index (χ3v) is 2.23. The molecule has 8 heavy (non-hydrogen) atoms. The van der Waals surface area contributed by atoms with Crippen molar-refractivity contribution in [2.45, 2.75) is 19.3 Å². The molecule has 0 amide bonds. The minimum atomic E-state index is 0. The van der Waals surface area contributed by atoms with Gasteiger partial charge in [-0.3, -0.25) is 0 Å². The fourth-order valence-electron chi connectivity index (χ4n) is 0.687. The predicted molar refractivity (Wildman–Crippen MR) is 31.2 cm³/mol. The van der Waals surface area contributed by atoms with Crippen molar-refractivity contribution in [3.63, 3.8) is 0 Å². The minimum absolute atomic E-state index is 0. The molecule has 1 heterocycles. The van der Waals surface area contributed by atoms with E-state index in [0.717, 1.165) is 0 Å². The number of rotatable bonds is 0. The number of hydrogen-bond donors (Lipinski definition) is 0. The Morgan fingerprint density at radius 1 is 0.875 bits per heavy atom. The van der Waals surface area contributed by atoms with Gasteiger partial charge in [-0.2, -0.15) is 11.8 Å². The Hall–Kier alpha value is 1.80. The molecule has 0 atom stereocenters. The average molecular weight is 347 g/mol. The van der Waals surface area contributed by atoms with Crippen LogP contribution in [0, 0.1) is 0 Å². The molecule has 0 unspecified atom stereocenters. The molecule has 1 rings (SSSR count). The van der Waals surface area contributed by atoms with Crippen molar-refractivity contribution < 1.29 is 44.1 Å². The van der Waals surface area contributed by atoms with Crippen LogP contribution in [0.3, 0.4) is 0 Å². The van der Waals surface area contributed by atoms with Gasteiger partial charge in [-0.05, 0) is 24.3 Å². The van der Waals surface area contributed by atoms with Gasteiger partial charge in [0.05, 0.1) is 0 Å². The van der Waals surface area contributed by atoms with Gasteiger partial charge in [0.2, 0.25) is 0 Å². The first-order valence-electron chi connectivity index (χ1n) is 2.58. The van der Waals surface area contributed by atoms with E-state index in [-0.39, 0.29) is 44.1 Å². The van der Waals surface area contributed by atoms with E-state index in [1.54, 1.807) is 0 Å². The van der Waals surface area contributed by atoms with Crippen molar-refractivity contribution in [2.75, 3.05) is 11.5 Å². The molecular weight excluding hydrogens is 337 g/mol. The van der Waals surface area contributed by atoms with Gasteiger partial charge in [-0.1, -0.05) is 6.42 Å². The van der Waals surface area contributed by atoms with Crippen molar-refractivity contribution in [3.8, 4) is 0 Å².